The Hall–Kier alpha value is -2.04. The lowest BCUT2D eigenvalue weighted by molar-refractivity contribution is -0.137. The van der Waals surface area contributed by atoms with Gasteiger partial charge in [-0.25, -0.2) is 0 Å². The quantitative estimate of drug-likeness (QED) is 0.895. The Kier molecular flexibility index (Phi) is 3.12. The fourth-order valence-electron chi connectivity index (χ4n) is 3.15. The first-order valence-electron chi connectivity index (χ1n) is 6.86. The van der Waals surface area contributed by atoms with Crippen molar-refractivity contribution in [1.82, 2.24) is 0 Å². The van der Waals surface area contributed by atoms with Crippen molar-refractivity contribution in [3.8, 4) is 5.75 Å². The predicted octanol–water partition coefficient (Wildman–Crippen LogP) is 1.94. The molecular weight excluding hydrogens is 258 g/mol. The van der Waals surface area contributed by atoms with Crippen molar-refractivity contribution in [2.75, 3.05) is 18.1 Å². The summed E-state index contributed by atoms with van der Waals surface area (Å²) in [7, 11) is 0. The highest BCUT2D eigenvalue weighted by Crippen LogP contribution is 2.46. The van der Waals surface area contributed by atoms with Gasteiger partial charge in [0, 0.05) is 19.9 Å². The summed E-state index contributed by atoms with van der Waals surface area (Å²) in [6.07, 6.45) is 1.62. The number of aliphatic carboxylic acids is 1. The third kappa shape index (κ3) is 2.03. The van der Waals surface area contributed by atoms with Gasteiger partial charge in [-0.15, -0.1) is 0 Å². The van der Waals surface area contributed by atoms with Crippen LogP contribution in [0.3, 0.4) is 0 Å². The summed E-state index contributed by atoms with van der Waals surface area (Å²) in [5, 5.41) is 9.05. The van der Waals surface area contributed by atoms with Crippen LogP contribution in [-0.2, 0) is 16.0 Å². The normalized spacial score (nSPS) is 20.1. The van der Waals surface area contributed by atoms with E-state index in [2.05, 4.69) is 0 Å². The molecule has 106 valence electrons. The molecule has 0 aromatic heterocycles. The maximum Gasteiger partial charge on any atom is 0.303 e. The molecule has 1 atom stereocenters. The monoisotopic (exact) mass is 275 g/mol. The molecule has 0 aliphatic carbocycles. The summed E-state index contributed by atoms with van der Waals surface area (Å²) in [6.45, 7) is 2.72. The first-order chi connectivity index (χ1) is 9.58. The number of benzene rings is 1. The van der Waals surface area contributed by atoms with E-state index in [0.717, 1.165) is 29.0 Å². The van der Waals surface area contributed by atoms with Crippen LogP contribution in [0.5, 0.6) is 5.75 Å². The van der Waals surface area contributed by atoms with Gasteiger partial charge in [0.1, 0.15) is 5.75 Å². The highest BCUT2D eigenvalue weighted by atomic mass is 16.5. The highest BCUT2D eigenvalue weighted by Gasteiger charge is 2.33. The number of carboxylic acids is 1. The van der Waals surface area contributed by atoms with Gasteiger partial charge in [-0.2, -0.15) is 0 Å². The van der Waals surface area contributed by atoms with Crippen LogP contribution in [0.25, 0.3) is 0 Å². The second-order valence-electron chi connectivity index (χ2n) is 5.34. The first-order valence-corrected chi connectivity index (χ1v) is 6.86. The first kappa shape index (κ1) is 13.0. The molecule has 3 rings (SSSR count). The molecule has 1 unspecified atom stereocenters. The summed E-state index contributed by atoms with van der Waals surface area (Å²) >= 11 is 0. The molecule has 1 N–H and O–H groups in total. The highest BCUT2D eigenvalue weighted by molar-refractivity contribution is 5.95. The number of rotatable bonds is 2. The third-order valence-electron chi connectivity index (χ3n) is 4.07. The minimum absolute atomic E-state index is 0.0241. The van der Waals surface area contributed by atoms with Crippen molar-refractivity contribution in [1.29, 1.82) is 0 Å². The molecule has 0 fully saturated rings. The zero-order chi connectivity index (χ0) is 14.3. The van der Waals surface area contributed by atoms with Gasteiger partial charge in [0.15, 0.2) is 0 Å². The van der Waals surface area contributed by atoms with Gasteiger partial charge >= 0.3 is 5.97 Å². The molecule has 1 amide bonds. The van der Waals surface area contributed by atoms with Crippen LogP contribution >= 0.6 is 0 Å². The van der Waals surface area contributed by atoms with Gasteiger partial charge in [-0.3, -0.25) is 9.59 Å². The number of carbonyl (C=O) groups is 2. The molecule has 2 aliphatic rings. The number of anilines is 1. The fourth-order valence-corrected chi connectivity index (χ4v) is 3.15. The fraction of sp³-hybridized carbons (Fsp3) is 0.467. The van der Waals surface area contributed by atoms with Crippen molar-refractivity contribution >= 4 is 17.6 Å². The number of amides is 1. The zero-order valence-corrected chi connectivity index (χ0v) is 11.4. The van der Waals surface area contributed by atoms with Crippen LogP contribution in [0.2, 0.25) is 0 Å². The molecule has 2 heterocycles. The summed E-state index contributed by atoms with van der Waals surface area (Å²) in [5.41, 5.74) is 2.82. The van der Waals surface area contributed by atoms with E-state index in [1.165, 1.54) is 6.92 Å². The van der Waals surface area contributed by atoms with Gasteiger partial charge in [0.05, 0.1) is 18.7 Å². The van der Waals surface area contributed by atoms with Gasteiger partial charge < -0.3 is 14.7 Å². The minimum Gasteiger partial charge on any atom is -0.491 e. The molecule has 0 radical (unpaired) electrons. The predicted molar refractivity (Wildman–Crippen MR) is 73.3 cm³/mol. The molecule has 0 bridgehead atoms. The SMILES string of the molecule is CC(=O)N1CCC(CC(=O)O)c2ccc3c(c21)OCC3. The Morgan fingerprint density at radius 3 is 2.95 bits per heavy atom. The molecule has 1 aromatic carbocycles. The second-order valence-corrected chi connectivity index (χ2v) is 5.34. The van der Waals surface area contributed by atoms with E-state index in [0.29, 0.717) is 19.6 Å². The third-order valence-corrected chi connectivity index (χ3v) is 4.07. The molecule has 0 spiro atoms. The number of nitrogens with zero attached hydrogens (tertiary/aromatic N) is 1. The average Bonchev–Trinajstić information content (AvgIpc) is 2.86. The van der Waals surface area contributed by atoms with Crippen molar-refractivity contribution in [2.45, 2.75) is 32.1 Å². The van der Waals surface area contributed by atoms with Crippen LogP contribution in [-0.4, -0.2) is 30.1 Å². The molecule has 5 nitrogen and oxygen atoms in total. The maximum absolute atomic E-state index is 11.8. The Morgan fingerprint density at radius 1 is 1.45 bits per heavy atom. The summed E-state index contributed by atoms with van der Waals surface area (Å²) in [6, 6.07) is 3.96. The molecule has 1 aromatic rings. The van der Waals surface area contributed by atoms with Gasteiger partial charge in [0.25, 0.3) is 0 Å². The largest absolute Gasteiger partial charge is 0.491 e. The Labute approximate surface area is 117 Å². The smallest absolute Gasteiger partial charge is 0.303 e. The topological polar surface area (TPSA) is 66.8 Å². The van der Waals surface area contributed by atoms with Crippen LogP contribution in [0.15, 0.2) is 12.1 Å². The average molecular weight is 275 g/mol. The molecule has 0 saturated heterocycles. The summed E-state index contributed by atoms with van der Waals surface area (Å²) < 4.78 is 5.69. The van der Waals surface area contributed by atoms with Crippen molar-refractivity contribution in [3.63, 3.8) is 0 Å². The van der Waals surface area contributed by atoms with Crippen LogP contribution in [0, 0.1) is 0 Å². The lowest BCUT2D eigenvalue weighted by Crippen LogP contribution is -2.35. The Morgan fingerprint density at radius 2 is 2.25 bits per heavy atom. The van der Waals surface area contributed by atoms with Crippen molar-refractivity contribution in [3.05, 3.63) is 23.3 Å². The van der Waals surface area contributed by atoms with Gasteiger partial charge in [-0.05, 0) is 23.5 Å². The van der Waals surface area contributed by atoms with Crippen LogP contribution in [0.4, 0.5) is 5.69 Å². The van der Waals surface area contributed by atoms with E-state index in [9.17, 15) is 9.59 Å². The molecule has 20 heavy (non-hydrogen) atoms. The van der Waals surface area contributed by atoms with E-state index < -0.39 is 5.97 Å². The lowest BCUT2D eigenvalue weighted by Gasteiger charge is -2.34. The Bertz CT molecular complexity index is 581. The molecular formula is C15H17NO4. The second kappa shape index (κ2) is 4.81. The number of ether oxygens (including phenoxy) is 1. The van der Waals surface area contributed by atoms with E-state index in [-0.39, 0.29) is 18.2 Å². The zero-order valence-electron chi connectivity index (χ0n) is 11.4. The maximum atomic E-state index is 11.8. The number of hydrogen-bond acceptors (Lipinski definition) is 3. The van der Waals surface area contributed by atoms with Gasteiger partial charge in [0.2, 0.25) is 5.91 Å². The van der Waals surface area contributed by atoms with Gasteiger partial charge in [-0.1, -0.05) is 12.1 Å². The summed E-state index contributed by atoms with van der Waals surface area (Å²) in [4.78, 5) is 24.6. The van der Waals surface area contributed by atoms with E-state index in [1.54, 1.807) is 4.90 Å². The van der Waals surface area contributed by atoms with Crippen molar-refractivity contribution < 1.29 is 19.4 Å². The molecule has 5 heteroatoms. The van der Waals surface area contributed by atoms with Crippen LogP contribution in [0.1, 0.15) is 36.8 Å². The van der Waals surface area contributed by atoms with E-state index in [1.807, 2.05) is 12.1 Å². The standard InChI is InChI=1S/C15H17NO4/c1-9(17)16-6-4-11(8-13(18)19)12-3-2-10-5-7-20-15(10)14(12)16/h2-3,11H,4-8H2,1H3,(H,18,19). The molecule has 2 aliphatic heterocycles. The Balaban J connectivity index is 2.10. The minimum atomic E-state index is -0.807. The van der Waals surface area contributed by atoms with Crippen LogP contribution < -0.4 is 9.64 Å². The summed E-state index contributed by atoms with van der Waals surface area (Å²) in [5.74, 6) is -0.108. The van der Waals surface area contributed by atoms with E-state index in [4.69, 9.17) is 9.84 Å². The van der Waals surface area contributed by atoms with E-state index >= 15 is 0 Å². The van der Waals surface area contributed by atoms with Crippen molar-refractivity contribution in [2.24, 2.45) is 0 Å². The number of carboxylic acid groups (broad SMARTS) is 1. The number of hydrogen-bond donors (Lipinski definition) is 1. The lowest BCUT2D eigenvalue weighted by atomic mass is 9.86. The number of fused-ring (bicyclic) bond motifs is 3. The number of carbonyl (C=O) groups excluding carboxylic acids is 1. The molecule has 0 saturated carbocycles.